The molecule has 0 fully saturated rings. The molecular weight excluding hydrogens is 428 g/mol. The number of likely N-dealkylation sites (N-methyl/N-ethyl adjacent to an activating group) is 1. The highest BCUT2D eigenvalue weighted by molar-refractivity contribution is 7.89. The molecule has 0 heterocycles. The fourth-order valence-electron chi connectivity index (χ4n) is 3.14. The van der Waals surface area contributed by atoms with Gasteiger partial charge >= 0.3 is 0 Å². The average molecular weight is 461 g/mol. The van der Waals surface area contributed by atoms with Crippen molar-refractivity contribution in [2.75, 3.05) is 20.8 Å². The van der Waals surface area contributed by atoms with Crippen molar-refractivity contribution in [3.63, 3.8) is 0 Å². The third kappa shape index (κ3) is 7.39. The molecule has 0 radical (unpaired) electrons. The largest absolute Gasteiger partial charge is 0.497 e. The van der Waals surface area contributed by atoms with Gasteiger partial charge in [-0.3, -0.25) is 4.79 Å². The number of carbonyl (C=O) groups is 1. The number of amides is 1. The van der Waals surface area contributed by atoms with E-state index in [4.69, 9.17) is 9.47 Å². The van der Waals surface area contributed by atoms with Crippen LogP contribution in [0.4, 0.5) is 0 Å². The van der Waals surface area contributed by atoms with Gasteiger partial charge in [-0.25, -0.2) is 8.42 Å². The summed E-state index contributed by atoms with van der Waals surface area (Å²) < 4.78 is 38.9. The van der Waals surface area contributed by atoms with Crippen LogP contribution >= 0.6 is 0 Å². The number of hydrogen-bond donors (Lipinski definition) is 1. The molecule has 0 aliphatic rings. The molecule has 0 spiro atoms. The van der Waals surface area contributed by atoms with E-state index >= 15 is 0 Å². The SMILES string of the molecule is C=CCOc1ccc(CN(C)C(=O)C(CC(C)C)NS(=O)(=O)c2ccc(OC)cc2)cc1. The van der Waals surface area contributed by atoms with Crippen LogP contribution in [0.25, 0.3) is 0 Å². The van der Waals surface area contributed by atoms with Gasteiger partial charge < -0.3 is 14.4 Å². The van der Waals surface area contributed by atoms with Crippen LogP contribution in [0.5, 0.6) is 11.5 Å². The number of ether oxygens (including phenoxy) is 2. The Morgan fingerprint density at radius 1 is 1.09 bits per heavy atom. The minimum absolute atomic E-state index is 0.0811. The molecule has 0 aliphatic carbocycles. The lowest BCUT2D eigenvalue weighted by molar-refractivity contribution is -0.132. The van der Waals surface area contributed by atoms with E-state index in [9.17, 15) is 13.2 Å². The molecule has 0 saturated carbocycles. The zero-order valence-electron chi connectivity index (χ0n) is 19.1. The van der Waals surface area contributed by atoms with Gasteiger partial charge in [0.1, 0.15) is 24.1 Å². The smallest absolute Gasteiger partial charge is 0.241 e. The van der Waals surface area contributed by atoms with Crippen molar-refractivity contribution in [2.45, 2.75) is 37.8 Å². The first-order chi connectivity index (χ1) is 15.2. The summed E-state index contributed by atoms with van der Waals surface area (Å²) >= 11 is 0. The summed E-state index contributed by atoms with van der Waals surface area (Å²) in [7, 11) is -0.697. The van der Waals surface area contributed by atoms with Gasteiger partial charge in [0, 0.05) is 13.6 Å². The molecule has 1 N–H and O–H groups in total. The van der Waals surface area contributed by atoms with Crippen molar-refractivity contribution in [3.05, 3.63) is 66.7 Å². The van der Waals surface area contributed by atoms with Crippen molar-refractivity contribution < 1.29 is 22.7 Å². The summed E-state index contributed by atoms with van der Waals surface area (Å²) in [5.74, 6) is 1.10. The van der Waals surface area contributed by atoms with Gasteiger partial charge in [-0.15, -0.1) is 0 Å². The quantitative estimate of drug-likeness (QED) is 0.489. The number of carbonyl (C=O) groups excluding carboxylic acids is 1. The van der Waals surface area contributed by atoms with Crippen LogP contribution < -0.4 is 14.2 Å². The minimum atomic E-state index is -3.87. The van der Waals surface area contributed by atoms with Gasteiger partial charge in [0.15, 0.2) is 0 Å². The van der Waals surface area contributed by atoms with Crippen molar-refractivity contribution in [1.82, 2.24) is 9.62 Å². The first-order valence-corrected chi connectivity index (χ1v) is 11.9. The average Bonchev–Trinajstić information content (AvgIpc) is 2.77. The first kappa shape index (κ1) is 25.4. The Morgan fingerprint density at radius 2 is 1.69 bits per heavy atom. The van der Waals surface area contributed by atoms with Crippen LogP contribution in [0, 0.1) is 5.92 Å². The molecule has 1 atom stereocenters. The number of nitrogens with one attached hydrogen (secondary N) is 1. The third-order valence-corrected chi connectivity index (χ3v) is 6.25. The topological polar surface area (TPSA) is 84.9 Å². The number of nitrogens with zero attached hydrogens (tertiary/aromatic N) is 1. The van der Waals surface area contributed by atoms with Crippen LogP contribution in [0.3, 0.4) is 0 Å². The normalized spacial score (nSPS) is 12.3. The molecule has 2 aromatic rings. The maximum atomic E-state index is 13.1. The van der Waals surface area contributed by atoms with E-state index in [0.717, 1.165) is 5.56 Å². The maximum Gasteiger partial charge on any atom is 0.241 e. The molecule has 1 amide bonds. The molecule has 0 saturated heterocycles. The Labute approximate surface area is 191 Å². The summed E-state index contributed by atoms with van der Waals surface area (Å²) in [6.45, 7) is 8.28. The Hall–Kier alpha value is -2.84. The van der Waals surface area contributed by atoms with Gasteiger partial charge in [0.2, 0.25) is 15.9 Å². The lowest BCUT2D eigenvalue weighted by Gasteiger charge is -2.26. The lowest BCUT2D eigenvalue weighted by Crippen LogP contribution is -2.47. The number of hydrogen-bond acceptors (Lipinski definition) is 5. The fraction of sp³-hybridized carbons (Fsp3) is 0.375. The number of sulfonamides is 1. The van der Waals surface area contributed by atoms with Gasteiger partial charge in [0.05, 0.1) is 12.0 Å². The highest BCUT2D eigenvalue weighted by Crippen LogP contribution is 2.18. The van der Waals surface area contributed by atoms with Gasteiger partial charge in [-0.1, -0.05) is 38.6 Å². The van der Waals surface area contributed by atoms with Crippen LogP contribution in [0.1, 0.15) is 25.8 Å². The van der Waals surface area contributed by atoms with E-state index in [-0.39, 0.29) is 16.7 Å². The minimum Gasteiger partial charge on any atom is -0.497 e. The van der Waals surface area contributed by atoms with Crippen LogP contribution in [-0.2, 0) is 21.4 Å². The Bertz CT molecular complexity index is 986. The summed E-state index contributed by atoms with van der Waals surface area (Å²) in [6, 6.07) is 12.6. The Balaban J connectivity index is 2.12. The van der Waals surface area contributed by atoms with Gasteiger partial charge in [-0.2, -0.15) is 4.72 Å². The summed E-state index contributed by atoms with van der Waals surface area (Å²) in [5.41, 5.74) is 0.910. The zero-order chi connectivity index (χ0) is 23.7. The number of methoxy groups -OCH3 is 1. The van der Waals surface area contributed by atoms with Crippen molar-refractivity contribution >= 4 is 15.9 Å². The van der Waals surface area contributed by atoms with Gasteiger partial charge in [-0.05, 0) is 54.3 Å². The van der Waals surface area contributed by atoms with E-state index in [0.29, 0.717) is 31.1 Å². The van der Waals surface area contributed by atoms with Crippen LogP contribution in [0.2, 0.25) is 0 Å². The van der Waals surface area contributed by atoms with Crippen molar-refractivity contribution in [2.24, 2.45) is 5.92 Å². The molecule has 1 unspecified atom stereocenters. The highest BCUT2D eigenvalue weighted by Gasteiger charge is 2.28. The summed E-state index contributed by atoms with van der Waals surface area (Å²) in [4.78, 5) is 14.8. The highest BCUT2D eigenvalue weighted by atomic mass is 32.2. The molecule has 174 valence electrons. The predicted octanol–water partition coefficient (Wildman–Crippen LogP) is 3.61. The van der Waals surface area contributed by atoms with E-state index in [1.54, 1.807) is 25.3 Å². The summed E-state index contributed by atoms with van der Waals surface area (Å²) in [5, 5.41) is 0. The molecule has 0 aromatic heterocycles. The lowest BCUT2D eigenvalue weighted by atomic mass is 10.0. The molecule has 2 aromatic carbocycles. The predicted molar refractivity (Wildman–Crippen MR) is 125 cm³/mol. The van der Waals surface area contributed by atoms with E-state index in [1.165, 1.54) is 24.1 Å². The van der Waals surface area contributed by atoms with Crippen molar-refractivity contribution in [3.8, 4) is 11.5 Å². The number of rotatable bonds is 12. The monoisotopic (exact) mass is 460 g/mol. The van der Waals surface area contributed by atoms with E-state index in [1.807, 2.05) is 38.1 Å². The second-order valence-electron chi connectivity index (χ2n) is 7.92. The summed E-state index contributed by atoms with van der Waals surface area (Å²) in [6.07, 6.45) is 2.05. The molecular formula is C24H32N2O5S. The molecule has 7 nitrogen and oxygen atoms in total. The fourth-order valence-corrected chi connectivity index (χ4v) is 4.35. The standard InChI is InChI=1S/C24H32N2O5S/c1-6-15-31-21-9-7-19(8-10-21)17-26(4)24(27)23(16-18(2)3)25-32(28,29)22-13-11-20(30-5)12-14-22/h6-14,18,23,25H,1,15-17H2,2-5H3. The molecule has 8 heteroatoms. The number of benzene rings is 2. The second-order valence-corrected chi connectivity index (χ2v) is 9.63. The molecule has 0 aliphatic heterocycles. The Kier molecular flexibility index (Phi) is 9.28. The Morgan fingerprint density at radius 3 is 2.22 bits per heavy atom. The first-order valence-electron chi connectivity index (χ1n) is 10.4. The maximum absolute atomic E-state index is 13.1. The van der Waals surface area contributed by atoms with E-state index in [2.05, 4.69) is 11.3 Å². The van der Waals surface area contributed by atoms with E-state index < -0.39 is 16.1 Å². The zero-order valence-corrected chi connectivity index (χ0v) is 19.9. The molecule has 2 rings (SSSR count). The molecule has 32 heavy (non-hydrogen) atoms. The van der Waals surface area contributed by atoms with Gasteiger partial charge in [0.25, 0.3) is 0 Å². The van der Waals surface area contributed by atoms with Crippen molar-refractivity contribution in [1.29, 1.82) is 0 Å². The van der Waals surface area contributed by atoms with Crippen LogP contribution in [-0.4, -0.2) is 46.0 Å². The molecule has 0 bridgehead atoms. The second kappa shape index (κ2) is 11.7. The third-order valence-electron chi connectivity index (χ3n) is 4.76. The van der Waals surface area contributed by atoms with Crippen LogP contribution in [0.15, 0.2) is 66.1 Å².